The SMILES string of the molecule is COc1cc(C2C(C#N)=C(N)N(NC(=O)c3ccco3)C3=C2C(=O)CCC3)cc(OC)c1OC. The molecule has 1 aromatic carbocycles. The van der Waals surface area contributed by atoms with Crippen molar-refractivity contribution >= 4 is 11.7 Å². The van der Waals surface area contributed by atoms with Gasteiger partial charge in [-0.3, -0.25) is 15.0 Å². The summed E-state index contributed by atoms with van der Waals surface area (Å²) >= 11 is 0. The Bertz CT molecular complexity index is 1210. The molecule has 1 aliphatic carbocycles. The van der Waals surface area contributed by atoms with E-state index in [2.05, 4.69) is 11.5 Å². The molecule has 4 rings (SSSR count). The third-order valence-corrected chi connectivity index (χ3v) is 5.89. The largest absolute Gasteiger partial charge is 0.493 e. The third kappa shape index (κ3) is 3.71. The molecule has 1 aromatic heterocycles. The van der Waals surface area contributed by atoms with Crippen molar-refractivity contribution in [2.75, 3.05) is 21.3 Å². The van der Waals surface area contributed by atoms with Gasteiger partial charge in [0.25, 0.3) is 0 Å². The lowest BCUT2D eigenvalue weighted by Crippen LogP contribution is -2.48. The molecule has 0 spiro atoms. The number of hydrazine groups is 1. The summed E-state index contributed by atoms with van der Waals surface area (Å²) in [6.45, 7) is 0. The second-order valence-electron chi connectivity index (χ2n) is 7.69. The van der Waals surface area contributed by atoms with Crippen molar-refractivity contribution in [3.05, 3.63) is 64.5 Å². The van der Waals surface area contributed by atoms with E-state index in [1.54, 1.807) is 18.2 Å². The van der Waals surface area contributed by atoms with E-state index in [9.17, 15) is 14.9 Å². The van der Waals surface area contributed by atoms with Crippen LogP contribution in [0, 0.1) is 11.3 Å². The first-order valence-corrected chi connectivity index (χ1v) is 10.6. The molecule has 0 radical (unpaired) electrons. The summed E-state index contributed by atoms with van der Waals surface area (Å²) in [5, 5.41) is 11.4. The van der Waals surface area contributed by atoms with Gasteiger partial charge in [0.2, 0.25) is 5.75 Å². The van der Waals surface area contributed by atoms with Crippen molar-refractivity contribution in [2.24, 2.45) is 5.73 Å². The summed E-state index contributed by atoms with van der Waals surface area (Å²) in [4.78, 5) is 25.9. The van der Waals surface area contributed by atoms with Gasteiger partial charge in [-0.2, -0.15) is 5.26 Å². The summed E-state index contributed by atoms with van der Waals surface area (Å²) in [6, 6.07) is 8.61. The number of allylic oxidation sites excluding steroid dienone is 3. The number of nitrogens with two attached hydrogens (primary N) is 1. The van der Waals surface area contributed by atoms with Gasteiger partial charge in [-0.05, 0) is 42.7 Å². The number of carbonyl (C=O) groups excluding carboxylic acids is 2. The van der Waals surface area contributed by atoms with Crippen LogP contribution in [0.2, 0.25) is 0 Å². The van der Waals surface area contributed by atoms with Crippen LogP contribution in [-0.2, 0) is 4.79 Å². The number of nitrogens with zero attached hydrogens (tertiary/aromatic N) is 2. The van der Waals surface area contributed by atoms with Crippen molar-refractivity contribution in [1.29, 1.82) is 5.26 Å². The van der Waals surface area contributed by atoms with Crippen LogP contribution in [0.25, 0.3) is 0 Å². The number of hydrogen-bond acceptors (Lipinski definition) is 9. The van der Waals surface area contributed by atoms with Gasteiger partial charge in [0.1, 0.15) is 5.82 Å². The molecule has 2 aromatic rings. The zero-order chi connectivity index (χ0) is 24.4. The van der Waals surface area contributed by atoms with Gasteiger partial charge in [0, 0.05) is 17.7 Å². The lowest BCUT2D eigenvalue weighted by molar-refractivity contribution is -0.116. The van der Waals surface area contributed by atoms with Crippen LogP contribution in [0.3, 0.4) is 0 Å². The highest BCUT2D eigenvalue weighted by atomic mass is 16.5. The maximum atomic E-state index is 13.2. The fourth-order valence-corrected chi connectivity index (χ4v) is 4.38. The Kier molecular flexibility index (Phi) is 6.19. The topological polar surface area (TPSA) is 140 Å². The molecule has 176 valence electrons. The highest BCUT2D eigenvalue weighted by molar-refractivity contribution is 6.00. The number of rotatable bonds is 6. The minimum atomic E-state index is -0.765. The van der Waals surface area contributed by atoms with Gasteiger partial charge >= 0.3 is 5.91 Å². The summed E-state index contributed by atoms with van der Waals surface area (Å²) in [7, 11) is 4.46. The average molecular weight is 464 g/mol. The molecular formula is C24H24N4O6. The molecule has 34 heavy (non-hydrogen) atoms. The van der Waals surface area contributed by atoms with Crippen LogP contribution >= 0.6 is 0 Å². The number of carbonyl (C=O) groups is 2. The number of furan rings is 1. The molecule has 0 bridgehead atoms. The molecule has 1 aliphatic heterocycles. The van der Waals surface area contributed by atoms with Crippen LogP contribution in [0.15, 0.2) is 57.6 Å². The van der Waals surface area contributed by atoms with E-state index >= 15 is 0 Å². The second kappa shape index (κ2) is 9.23. The number of benzene rings is 1. The van der Waals surface area contributed by atoms with Gasteiger partial charge < -0.3 is 24.4 Å². The van der Waals surface area contributed by atoms with Crippen molar-refractivity contribution in [1.82, 2.24) is 10.4 Å². The zero-order valence-corrected chi connectivity index (χ0v) is 19.0. The second-order valence-corrected chi connectivity index (χ2v) is 7.69. The first-order chi connectivity index (χ1) is 16.4. The number of methoxy groups -OCH3 is 3. The first kappa shape index (κ1) is 22.8. The Balaban J connectivity index is 1.88. The summed E-state index contributed by atoms with van der Waals surface area (Å²) in [5.74, 6) is -0.205. The minimum Gasteiger partial charge on any atom is -0.493 e. The predicted molar refractivity (Wildman–Crippen MR) is 120 cm³/mol. The number of Topliss-reactive ketones (excluding diaryl/α,β-unsaturated/α-hetero) is 1. The van der Waals surface area contributed by atoms with Crippen molar-refractivity contribution < 1.29 is 28.2 Å². The molecule has 0 saturated heterocycles. The van der Waals surface area contributed by atoms with E-state index in [4.69, 9.17) is 24.4 Å². The van der Waals surface area contributed by atoms with Gasteiger partial charge in [0.15, 0.2) is 23.0 Å². The fourth-order valence-electron chi connectivity index (χ4n) is 4.38. The van der Waals surface area contributed by atoms with Crippen LogP contribution in [0.1, 0.15) is 41.3 Å². The molecule has 1 atom stereocenters. The molecule has 10 heteroatoms. The number of nitriles is 1. The molecule has 1 unspecified atom stereocenters. The Morgan fingerprint density at radius 3 is 2.47 bits per heavy atom. The van der Waals surface area contributed by atoms with E-state index in [0.29, 0.717) is 53.3 Å². The first-order valence-electron chi connectivity index (χ1n) is 10.6. The Hall–Kier alpha value is -4.39. The molecule has 0 saturated carbocycles. The smallest absolute Gasteiger partial charge is 0.305 e. The Morgan fingerprint density at radius 2 is 1.91 bits per heavy atom. The molecule has 2 heterocycles. The number of amides is 1. The lowest BCUT2D eigenvalue weighted by atomic mass is 9.76. The van der Waals surface area contributed by atoms with Gasteiger partial charge in [-0.25, -0.2) is 5.01 Å². The van der Waals surface area contributed by atoms with Gasteiger partial charge in [-0.1, -0.05) is 0 Å². The number of hydrogen-bond donors (Lipinski definition) is 2. The molecule has 0 fully saturated rings. The highest BCUT2D eigenvalue weighted by Crippen LogP contribution is 2.48. The maximum Gasteiger partial charge on any atom is 0.305 e. The number of ether oxygens (including phenoxy) is 3. The number of ketones is 1. The molecule has 3 N–H and O–H groups in total. The Labute approximate surface area is 196 Å². The molecule has 1 amide bonds. The van der Waals surface area contributed by atoms with E-state index in [0.717, 1.165) is 0 Å². The van der Waals surface area contributed by atoms with Crippen molar-refractivity contribution in [2.45, 2.75) is 25.2 Å². The van der Waals surface area contributed by atoms with Gasteiger partial charge in [0.05, 0.1) is 45.2 Å². The molecule has 10 nitrogen and oxygen atoms in total. The monoisotopic (exact) mass is 464 g/mol. The normalized spacial score (nSPS) is 17.8. The molecular weight excluding hydrogens is 440 g/mol. The van der Waals surface area contributed by atoms with Gasteiger partial charge in [-0.15, -0.1) is 0 Å². The van der Waals surface area contributed by atoms with E-state index in [-0.39, 0.29) is 22.9 Å². The van der Waals surface area contributed by atoms with E-state index in [1.807, 2.05) is 0 Å². The lowest BCUT2D eigenvalue weighted by Gasteiger charge is -2.39. The van der Waals surface area contributed by atoms with Crippen molar-refractivity contribution in [3.63, 3.8) is 0 Å². The van der Waals surface area contributed by atoms with Crippen LogP contribution in [0.4, 0.5) is 0 Å². The highest BCUT2D eigenvalue weighted by Gasteiger charge is 2.41. The quantitative estimate of drug-likeness (QED) is 0.660. The predicted octanol–water partition coefficient (Wildman–Crippen LogP) is 2.75. The van der Waals surface area contributed by atoms with Crippen LogP contribution in [-0.4, -0.2) is 38.0 Å². The third-order valence-electron chi connectivity index (χ3n) is 5.89. The zero-order valence-electron chi connectivity index (χ0n) is 19.0. The standard InChI is InChI=1S/C24H24N4O6/c1-31-18-10-13(11-19(32-2)22(18)33-3)20-14(12-25)23(26)28(15-6-4-7-16(29)21(15)20)27-24(30)17-8-5-9-34-17/h5,8-11,20H,4,6-7,26H2,1-3H3,(H,27,30). The van der Waals surface area contributed by atoms with E-state index in [1.165, 1.54) is 38.7 Å². The average Bonchev–Trinajstić information content (AvgIpc) is 3.39. The fraction of sp³-hybridized carbons (Fsp3) is 0.292. The maximum absolute atomic E-state index is 13.2. The summed E-state index contributed by atoms with van der Waals surface area (Å²) in [6.07, 6.45) is 2.76. The Morgan fingerprint density at radius 1 is 1.21 bits per heavy atom. The molecule has 2 aliphatic rings. The van der Waals surface area contributed by atoms with E-state index < -0.39 is 11.8 Å². The minimum absolute atomic E-state index is 0.0228. The van der Waals surface area contributed by atoms with Crippen LogP contribution in [0.5, 0.6) is 17.2 Å². The number of nitrogens with one attached hydrogen (secondary N) is 1. The van der Waals surface area contributed by atoms with Crippen molar-refractivity contribution in [3.8, 4) is 23.3 Å². The summed E-state index contributed by atoms with van der Waals surface area (Å²) < 4.78 is 21.5. The van der Waals surface area contributed by atoms with Crippen LogP contribution < -0.4 is 25.4 Å². The summed E-state index contributed by atoms with van der Waals surface area (Å²) in [5.41, 5.74) is 10.7.